The highest BCUT2D eigenvalue weighted by Crippen LogP contribution is 2.18. The van der Waals surface area contributed by atoms with E-state index in [1.165, 1.54) is 12.1 Å². The van der Waals surface area contributed by atoms with E-state index in [2.05, 4.69) is 15.9 Å². The first-order chi connectivity index (χ1) is 8.13. The number of halogens is 2. The summed E-state index contributed by atoms with van der Waals surface area (Å²) in [6.45, 7) is 1.26. The van der Waals surface area contributed by atoms with Gasteiger partial charge in [-0.1, -0.05) is 15.9 Å². The van der Waals surface area contributed by atoms with Gasteiger partial charge >= 0.3 is 0 Å². The Labute approximate surface area is 108 Å². The van der Waals surface area contributed by atoms with Crippen LogP contribution in [-0.2, 0) is 15.9 Å². The van der Waals surface area contributed by atoms with Gasteiger partial charge in [-0.25, -0.2) is 4.39 Å². The van der Waals surface area contributed by atoms with Gasteiger partial charge in [0.2, 0.25) is 0 Å². The van der Waals surface area contributed by atoms with Gasteiger partial charge in [-0.3, -0.25) is 0 Å². The maximum Gasteiger partial charge on any atom is 0.159 e. The molecule has 3 nitrogen and oxygen atoms in total. The Kier molecular flexibility index (Phi) is 4.50. The predicted molar refractivity (Wildman–Crippen MR) is 66.1 cm³/mol. The van der Waals surface area contributed by atoms with Crippen LogP contribution in [-0.4, -0.2) is 25.5 Å². The smallest absolute Gasteiger partial charge is 0.159 e. The molecular weight excluding hydrogens is 289 g/mol. The van der Waals surface area contributed by atoms with Crippen LogP contribution in [0.1, 0.15) is 12.0 Å². The van der Waals surface area contributed by atoms with Crippen molar-refractivity contribution in [3.05, 3.63) is 34.1 Å². The zero-order chi connectivity index (χ0) is 12.3. The summed E-state index contributed by atoms with van der Waals surface area (Å²) < 4.78 is 24.5. The fourth-order valence-electron chi connectivity index (χ4n) is 1.91. The average Bonchev–Trinajstić information content (AvgIpc) is 2.67. The highest BCUT2D eigenvalue weighted by molar-refractivity contribution is 9.10. The Morgan fingerprint density at radius 2 is 2.06 bits per heavy atom. The minimum absolute atomic E-state index is 0.0909. The van der Waals surface area contributed by atoms with Gasteiger partial charge in [0.1, 0.15) is 5.82 Å². The third-order valence-corrected chi connectivity index (χ3v) is 3.06. The molecule has 0 amide bonds. The molecule has 1 aromatic rings. The van der Waals surface area contributed by atoms with Crippen LogP contribution in [0.2, 0.25) is 0 Å². The molecule has 0 bridgehead atoms. The maximum atomic E-state index is 13.2. The van der Waals surface area contributed by atoms with E-state index in [0.29, 0.717) is 26.1 Å². The Morgan fingerprint density at radius 3 is 2.71 bits per heavy atom. The van der Waals surface area contributed by atoms with E-state index in [9.17, 15) is 4.39 Å². The minimum Gasteiger partial charge on any atom is -0.350 e. The molecule has 0 radical (unpaired) electrons. The lowest BCUT2D eigenvalue weighted by Crippen LogP contribution is -2.28. The van der Waals surface area contributed by atoms with Crippen LogP contribution in [0, 0.1) is 5.82 Å². The Balaban J connectivity index is 1.90. The van der Waals surface area contributed by atoms with Crippen LogP contribution in [0.4, 0.5) is 4.39 Å². The van der Waals surface area contributed by atoms with Crippen molar-refractivity contribution in [1.29, 1.82) is 0 Å². The van der Waals surface area contributed by atoms with E-state index < -0.39 is 0 Å². The minimum atomic E-state index is -0.255. The molecule has 1 aliphatic heterocycles. The summed E-state index contributed by atoms with van der Waals surface area (Å²) in [4.78, 5) is 0. The van der Waals surface area contributed by atoms with E-state index in [1.807, 2.05) is 6.07 Å². The van der Waals surface area contributed by atoms with Crippen LogP contribution in [0.15, 0.2) is 22.7 Å². The van der Waals surface area contributed by atoms with Crippen molar-refractivity contribution in [2.24, 2.45) is 5.73 Å². The van der Waals surface area contributed by atoms with Crippen LogP contribution < -0.4 is 5.73 Å². The van der Waals surface area contributed by atoms with Gasteiger partial charge in [0, 0.05) is 16.9 Å². The molecular formula is C12H15BrFNO2. The van der Waals surface area contributed by atoms with Gasteiger partial charge in [0.15, 0.2) is 6.29 Å². The number of hydrogen-bond donors (Lipinski definition) is 1. The van der Waals surface area contributed by atoms with Gasteiger partial charge in [-0.05, 0) is 30.2 Å². The summed E-state index contributed by atoms with van der Waals surface area (Å²) in [6.07, 6.45) is 1.04. The number of nitrogens with two attached hydrogens (primary N) is 1. The summed E-state index contributed by atoms with van der Waals surface area (Å²) in [7, 11) is 0. The first kappa shape index (κ1) is 13.0. The summed E-state index contributed by atoms with van der Waals surface area (Å²) in [6, 6.07) is 4.71. The molecule has 0 spiro atoms. The molecule has 1 fully saturated rings. The summed E-state index contributed by atoms with van der Waals surface area (Å²) in [5, 5.41) is 0. The van der Waals surface area contributed by atoms with Crippen molar-refractivity contribution in [2.45, 2.75) is 25.2 Å². The molecule has 2 rings (SSSR count). The van der Waals surface area contributed by atoms with Gasteiger partial charge in [0.25, 0.3) is 0 Å². The molecule has 1 aliphatic rings. The highest BCUT2D eigenvalue weighted by atomic mass is 79.9. The van der Waals surface area contributed by atoms with Crippen LogP contribution in [0.25, 0.3) is 0 Å². The van der Waals surface area contributed by atoms with Crippen molar-refractivity contribution in [3.63, 3.8) is 0 Å². The zero-order valence-electron chi connectivity index (χ0n) is 9.36. The second-order valence-electron chi connectivity index (χ2n) is 4.15. The third kappa shape index (κ3) is 4.03. The lowest BCUT2D eigenvalue weighted by molar-refractivity contribution is -0.0504. The van der Waals surface area contributed by atoms with Gasteiger partial charge in [-0.2, -0.15) is 0 Å². The highest BCUT2D eigenvalue weighted by Gasteiger charge is 2.19. The second-order valence-corrected chi connectivity index (χ2v) is 5.06. The second kappa shape index (κ2) is 5.91. The molecule has 1 aromatic carbocycles. The molecule has 1 atom stereocenters. The molecule has 5 heteroatoms. The van der Waals surface area contributed by atoms with Crippen LogP contribution in [0.3, 0.4) is 0 Å². The Hall–Kier alpha value is -0.490. The maximum absolute atomic E-state index is 13.2. The molecule has 1 unspecified atom stereocenters. The van der Waals surface area contributed by atoms with Crippen molar-refractivity contribution in [1.82, 2.24) is 0 Å². The van der Waals surface area contributed by atoms with Crippen LogP contribution in [0.5, 0.6) is 0 Å². The van der Waals surface area contributed by atoms with Gasteiger partial charge in [-0.15, -0.1) is 0 Å². The van der Waals surface area contributed by atoms with E-state index in [1.54, 1.807) is 0 Å². The SMILES string of the molecule is NC(Cc1cc(F)cc(Br)c1)CC1OCCO1. The lowest BCUT2D eigenvalue weighted by Gasteiger charge is -2.15. The molecule has 17 heavy (non-hydrogen) atoms. The first-order valence-corrected chi connectivity index (χ1v) is 6.36. The van der Waals surface area contributed by atoms with E-state index in [4.69, 9.17) is 15.2 Å². The molecule has 1 saturated heterocycles. The fourth-order valence-corrected chi connectivity index (χ4v) is 2.42. The standard InChI is InChI=1S/C12H15BrFNO2/c13-9-3-8(4-10(14)6-9)5-11(15)7-12-16-1-2-17-12/h3-4,6,11-12H,1-2,5,7,15H2. The molecule has 0 saturated carbocycles. The van der Waals surface area contributed by atoms with Crippen LogP contribution >= 0.6 is 15.9 Å². The van der Waals surface area contributed by atoms with Crippen molar-refractivity contribution in [2.75, 3.05) is 13.2 Å². The molecule has 0 aromatic heterocycles. The van der Waals surface area contributed by atoms with E-state index in [-0.39, 0.29) is 18.1 Å². The largest absolute Gasteiger partial charge is 0.350 e. The number of rotatable bonds is 4. The normalized spacial score (nSPS) is 18.5. The van der Waals surface area contributed by atoms with Crippen molar-refractivity contribution in [3.8, 4) is 0 Å². The monoisotopic (exact) mass is 303 g/mol. The third-order valence-electron chi connectivity index (χ3n) is 2.61. The summed E-state index contributed by atoms with van der Waals surface area (Å²) in [5.41, 5.74) is 6.87. The molecule has 2 N–H and O–H groups in total. The fraction of sp³-hybridized carbons (Fsp3) is 0.500. The Bertz CT molecular complexity index is 363. The number of benzene rings is 1. The van der Waals surface area contributed by atoms with Gasteiger partial charge in [0.05, 0.1) is 13.2 Å². The summed E-state index contributed by atoms with van der Waals surface area (Å²) in [5.74, 6) is -0.255. The predicted octanol–water partition coefficient (Wildman–Crippen LogP) is 2.22. The molecule has 94 valence electrons. The number of hydrogen-bond acceptors (Lipinski definition) is 3. The molecule has 1 heterocycles. The Morgan fingerprint density at radius 1 is 1.35 bits per heavy atom. The van der Waals surface area contributed by atoms with Crippen molar-refractivity contribution < 1.29 is 13.9 Å². The quantitative estimate of drug-likeness (QED) is 0.927. The zero-order valence-corrected chi connectivity index (χ0v) is 11.0. The number of ether oxygens (including phenoxy) is 2. The summed E-state index contributed by atoms with van der Waals surface area (Å²) >= 11 is 3.26. The molecule has 0 aliphatic carbocycles. The first-order valence-electron chi connectivity index (χ1n) is 5.57. The van der Waals surface area contributed by atoms with E-state index >= 15 is 0 Å². The average molecular weight is 304 g/mol. The lowest BCUT2D eigenvalue weighted by atomic mass is 10.0. The van der Waals surface area contributed by atoms with Crippen molar-refractivity contribution >= 4 is 15.9 Å². The van der Waals surface area contributed by atoms with E-state index in [0.717, 1.165) is 10.0 Å². The van der Waals surface area contributed by atoms with Gasteiger partial charge < -0.3 is 15.2 Å². The topological polar surface area (TPSA) is 44.5 Å².